The van der Waals surface area contributed by atoms with Gasteiger partial charge in [-0.1, -0.05) is 0 Å². The Morgan fingerprint density at radius 3 is 2.56 bits per heavy atom. The molecule has 1 rings (SSSR count). The van der Waals surface area contributed by atoms with Crippen LogP contribution in [0.2, 0.25) is 0 Å². The number of nitrogens with zero attached hydrogens (tertiary/aromatic N) is 1. The quantitative estimate of drug-likeness (QED) is 0.771. The molecule has 1 unspecified atom stereocenters. The average molecular weight is 252 g/mol. The molecule has 100 valence electrons. The van der Waals surface area contributed by atoms with Gasteiger partial charge in [0, 0.05) is 19.8 Å². The van der Waals surface area contributed by atoms with E-state index in [1.165, 1.54) is 0 Å². The smallest absolute Gasteiger partial charge is 0.260 e. The van der Waals surface area contributed by atoms with E-state index in [2.05, 4.69) is 0 Å². The molecule has 1 aromatic carbocycles. The standard InChI is InChI=1S/C13H20N2O3/c1-10(8-17-3)15(2)13(16)9-18-12-6-4-11(14)5-7-12/h4-7,10H,8-9,14H2,1-3H3. The predicted molar refractivity (Wildman–Crippen MR) is 70.5 cm³/mol. The van der Waals surface area contributed by atoms with Crippen LogP contribution >= 0.6 is 0 Å². The third kappa shape index (κ3) is 4.25. The summed E-state index contributed by atoms with van der Waals surface area (Å²) in [5.74, 6) is 0.543. The van der Waals surface area contributed by atoms with Crippen molar-refractivity contribution in [2.75, 3.05) is 33.1 Å². The molecule has 5 nitrogen and oxygen atoms in total. The highest BCUT2D eigenvalue weighted by Crippen LogP contribution is 2.13. The van der Waals surface area contributed by atoms with Crippen LogP contribution in [0.1, 0.15) is 6.92 Å². The van der Waals surface area contributed by atoms with E-state index in [-0.39, 0.29) is 18.6 Å². The summed E-state index contributed by atoms with van der Waals surface area (Å²) in [5, 5.41) is 0. The fraction of sp³-hybridized carbons (Fsp3) is 0.462. The largest absolute Gasteiger partial charge is 0.484 e. The average Bonchev–Trinajstić information content (AvgIpc) is 2.37. The summed E-state index contributed by atoms with van der Waals surface area (Å²) < 4.78 is 10.4. The van der Waals surface area contributed by atoms with Crippen molar-refractivity contribution in [1.82, 2.24) is 4.90 Å². The van der Waals surface area contributed by atoms with Gasteiger partial charge >= 0.3 is 0 Å². The Bertz CT molecular complexity index is 378. The number of nitrogen functional groups attached to an aromatic ring is 1. The summed E-state index contributed by atoms with van der Waals surface area (Å²) in [7, 11) is 3.35. The van der Waals surface area contributed by atoms with Gasteiger partial charge in [0.25, 0.3) is 5.91 Å². The maximum Gasteiger partial charge on any atom is 0.260 e. The van der Waals surface area contributed by atoms with Crippen LogP contribution in [0.4, 0.5) is 5.69 Å². The maximum atomic E-state index is 11.8. The van der Waals surface area contributed by atoms with Crippen LogP contribution in [-0.4, -0.2) is 44.2 Å². The zero-order chi connectivity index (χ0) is 13.5. The Balaban J connectivity index is 2.43. The van der Waals surface area contributed by atoms with Gasteiger partial charge in [0.2, 0.25) is 0 Å². The van der Waals surface area contributed by atoms with Gasteiger partial charge in [-0.25, -0.2) is 0 Å². The Morgan fingerprint density at radius 2 is 2.00 bits per heavy atom. The first-order chi connectivity index (χ1) is 8.54. The molecule has 0 saturated carbocycles. The minimum atomic E-state index is -0.0867. The van der Waals surface area contributed by atoms with Gasteiger partial charge < -0.3 is 20.1 Å². The fourth-order valence-corrected chi connectivity index (χ4v) is 1.41. The summed E-state index contributed by atoms with van der Waals surface area (Å²) >= 11 is 0. The highest BCUT2D eigenvalue weighted by molar-refractivity contribution is 5.77. The third-order valence-corrected chi connectivity index (χ3v) is 2.70. The number of likely N-dealkylation sites (N-methyl/N-ethyl adjacent to an activating group) is 1. The first-order valence-corrected chi connectivity index (χ1v) is 5.77. The zero-order valence-electron chi connectivity index (χ0n) is 11.1. The number of ether oxygens (including phenoxy) is 2. The zero-order valence-corrected chi connectivity index (χ0v) is 11.1. The van der Waals surface area contributed by atoms with E-state index in [0.717, 1.165) is 0 Å². The van der Waals surface area contributed by atoms with Crippen molar-refractivity contribution in [2.45, 2.75) is 13.0 Å². The minimum Gasteiger partial charge on any atom is -0.484 e. The molecule has 5 heteroatoms. The molecular formula is C13H20N2O3. The number of carbonyl (C=O) groups excluding carboxylic acids is 1. The molecule has 18 heavy (non-hydrogen) atoms. The molecule has 0 bridgehead atoms. The van der Waals surface area contributed by atoms with E-state index < -0.39 is 0 Å². The van der Waals surface area contributed by atoms with Crippen LogP contribution in [0.25, 0.3) is 0 Å². The van der Waals surface area contributed by atoms with Crippen molar-refractivity contribution in [3.8, 4) is 5.75 Å². The van der Waals surface area contributed by atoms with Gasteiger partial charge in [-0.3, -0.25) is 4.79 Å². The molecule has 0 radical (unpaired) electrons. The monoisotopic (exact) mass is 252 g/mol. The lowest BCUT2D eigenvalue weighted by Crippen LogP contribution is -2.40. The van der Waals surface area contributed by atoms with Crippen molar-refractivity contribution >= 4 is 11.6 Å². The number of anilines is 1. The first kappa shape index (κ1) is 14.3. The van der Waals surface area contributed by atoms with Crippen molar-refractivity contribution in [3.05, 3.63) is 24.3 Å². The van der Waals surface area contributed by atoms with Crippen LogP contribution in [0.15, 0.2) is 24.3 Å². The third-order valence-electron chi connectivity index (χ3n) is 2.70. The Morgan fingerprint density at radius 1 is 1.39 bits per heavy atom. The van der Waals surface area contributed by atoms with Gasteiger partial charge in [0.05, 0.1) is 12.6 Å². The molecule has 1 atom stereocenters. The molecule has 0 heterocycles. The lowest BCUT2D eigenvalue weighted by Gasteiger charge is -2.24. The Hall–Kier alpha value is -1.75. The number of methoxy groups -OCH3 is 1. The summed E-state index contributed by atoms with van der Waals surface area (Å²) in [6.07, 6.45) is 0. The van der Waals surface area contributed by atoms with Crippen LogP contribution in [0.3, 0.4) is 0 Å². The van der Waals surface area contributed by atoms with Gasteiger partial charge in [-0.05, 0) is 31.2 Å². The predicted octanol–water partition coefficient (Wildman–Crippen LogP) is 1.14. The van der Waals surface area contributed by atoms with Crippen molar-refractivity contribution in [1.29, 1.82) is 0 Å². The highest BCUT2D eigenvalue weighted by Gasteiger charge is 2.15. The molecule has 0 aliphatic carbocycles. The number of amides is 1. The number of benzene rings is 1. The molecule has 0 saturated heterocycles. The summed E-state index contributed by atoms with van der Waals surface area (Å²) in [6.45, 7) is 2.43. The second-order valence-electron chi connectivity index (χ2n) is 4.17. The molecule has 1 amide bonds. The van der Waals surface area contributed by atoms with Gasteiger partial charge in [-0.15, -0.1) is 0 Å². The number of hydrogen-bond donors (Lipinski definition) is 1. The van der Waals surface area contributed by atoms with Crippen LogP contribution in [-0.2, 0) is 9.53 Å². The maximum absolute atomic E-state index is 11.8. The van der Waals surface area contributed by atoms with E-state index in [0.29, 0.717) is 18.0 Å². The van der Waals surface area contributed by atoms with Crippen LogP contribution in [0.5, 0.6) is 5.75 Å². The van der Waals surface area contributed by atoms with E-state index in [1.807, 2.05) is 6.92 Å². The van der Waals surface area contributed by atoms with Crippen LogP contribution < -0.4 is 10.5 Å². The first-order valence-electron chi connectivity index (χ1n) is 5.77. The molecule has 0 aromatic heterocycles. The minimum absolute atomic E-state index is 0.00841. The van der Waals surface area contributed by atoms with Crippen molar-refractivity contribution in [3.63, 3.8) is 0 Å². The number of nitrogens with two attached hydrogens (primary N) is 1. The normalized spacial score (nSPS) is 11.9. The number of rotatable bonds is 6. The van der Waals surface area contributed by atoms with Gasteiger partial charge in [-0.2, -0.15) is 0 Å². The Labute approximate surface area is 107 Å². The molecule has 0 spiro atoms. The van der Waals surface area contributed by atoms with Crippen LogP contribution in [0, 0.1) is 0 Å². The van der Waals surface area contributed by atoms with E-state index in [4.69, 9.17) is 15.2 Å². The molecule has 2 N–H and O–H groups in total. The Kier molecular flexibility index (Phi) is 5.45. The topological polar surface area (TPSA) is 64.8 Å². The fourth-order valence-electron chi connectivity index (χ4n) is 1.41. The molecule has 1 aromatic rings. The summed E-state index contributed by atoms with van der Waals surface area (Å²) in [6, 6.07) is 6.97. The molecule has 0 aliphatic rings. The van der Waals surface area contributed by atoms with Crippen molar-refractivity contribution < 1.29 is 14.3 Å². The second-order valence-corrected chi connectivity index (χ2v) is 4.17. The van der Waals surface area contributed by atoms with E-state index >= 15 is 0 Å². The van der Waals surface area contributed by atoms with Gasteiger partial charge in [0.15, 0.2) is 6.61 Å². The summed E-state index contributed by atoms with van der Waals surface area (Å²) in [4.78, 5) is 13.4. The van der Waals surface area contributed by atoms with E-state index in [1.54, 1.807) is 43.3 Å². The number of carbonyl (C=O) groups is 1. The molecule has 0 fully saturated rings. The van der Waals surface area contributed by atoms with Gasteiger partial charge in [0.1, 0.15) is 5.75 Å². The molecule has 0 aliphatic heterocycles. The lowest BCUT2D eigenvalue weighted by molar-refractivity contribution is -0.134. The number of hydrogen-bond acceptors (Lipinski definition) is 4. The SMILES string of the molecule is COCC(C)N(C)C(=O)COc1ccc(N)cc1. The summed E-state index contributed by atoms with van der Waals surface area (Å²) in [5.41, 5.74) is 6.23. The highest BCUT2D eigenvalue weighted by atomic mass is 16.5. The van der Waals surface area contributed by atoms with Crippen molar-refractivity contribution in [2.24, 2.45) is 0 Å². The second kappa shape index (κ2) is 6.86. The lowest BCUT2D eigenvalue weighted by atomic mass is 10.3. The molecular weight excluding hydrogens is 232 g/mol. The van der Waals surface area contributed by atoms with E-state index in [9.17, 15) is 4.79 Å².